The number of carbonyl (C=O) groups is 2. The molecule has 0 saturated heterocycles. The number of methoxy groups -OCH3 is 1. The third-order valence-electron chi connectivity index (χ3n) is 1.71. The van der Waals surface area contributed by atoms with E-state index in [1.807, 2.05) is 38.1 Å². The normalized spacial score (nSPS) is 8.05. The molecule has 0 fully saturated rings. The minimum absolute atomic E-state index is 0.00111. The van der Waals surface area contributed by atoms with Crippen molar-refractivity contribution in [2.75, 3.05) is 13.7 Å². The zero-order valence-corrected chi connectivity index (χ0v) is 12.5. The number of carbonyl (C=O) groups excluding carboxylic acids is 2. The van der Waals surface area contributed by atoms with E-state index in [4.69, 9.17) is 4.79 Å². The molecule has 1 N–H and O–H groups in total. The Morgan fingerprint density at radius 3 is 2.21 bits per heavy atom. The summed E-state index contributed by atoms with van der Waals surface area (Å²) in [6, 6.07) is 7.56. The minimum atomic E-state index is 0.00111. The Morgan fingerprint density at radius 2 is 1.84 bits per heavy atom. The average molecular weight is 267 g/mol. The number of rotatable bonds is 3. The molecule has 0 heterocycles. The van der Waals surface area contributed by atoms with Gasteiger partial charge < -0.3 is 10.1 Å². The molecule has 1 amide bonds. The average Bonchev–Trinajstić information content (AvgIpc) is 2.40. The lowest BCUT2D eigenvalue weighted by Gasteiger charge is -2.01. The van der Waals surface area contributed by atoms with E-state index in [1.165, 1.54) is 13.5 Å². The lowest BCUT2D eigenvalue weighted by Crippen LogP contribution is -2.22. The standard InChI is InChI=1S/C10H13NO.C3H8.C2H4O2/c1-3-11-10(12)9-6-4-5-8(2)7-9;1-3-2;1-4-2-3/h4-7H,3H2,1-2H3,(H,11,12);3H2,1-2H3;2H,1H3. The highest BCUT2D eigenvalue weighted by Crippen LogP contribution is 2.02. The predicted octanol–water partition coefficient (Wildman–Crippen LogP) is 2.95. The first-order valence-electron chi connectivity index (χ1n) is 6.38. The van der Waals surface area contributed by atoms with Gasteiger partial charge in [0.1, 0.15) is 0 Å². The molecule has 108 valence electrons. The Bertz CT molecular complexity index is 351. The summed E-state index contributed by atoms with van der Waals surface area (Å²) < 4.78 is 3.86. The number of nitrogens with one attached hydrogen (secondary N) is 1. The zero-order valence-electron chi connectivity index (χ0n) is 12.5. The molecule has 0 unspecified atom stereocenters. The van der Waals surface area contributed by atoms with Crippen molar-refractivity contribution in [3.8, 4) is 0 Å². The summed E-state index contributed by atoms with van der Waals surface area (Å²) in [6.07, 6.45) is 1.25. The van der Waals surface area contributed by atoms with Gasteiger partial charge >= 0.3 is 0 Å². The van der Waals surface area contributed by atoms with Gasteiger partial charge in [-0.25, -0.2) is 0 Å². The van der Waals surface area contributed by atoms with Gasteiger partial charge in [-0.1, -0.05) is 38.0 Å². The molecule has 4 heteroatoms. The molecule has 0 bridgehead atoms. The Balaban J connectivity index is 0. The van der Waals surface area contributed by atoms with E-state index in [1.54, 1.807) is 0 Å². The van der Waals surface area contributed by atoms with Gasteiger partial charge in [0.25, 0.3) is 12.4 Å². The fourth-order valence-corrected chi connectivity index (χ4v) is 1.05. The van der Waals surface area contributed by atoms with Gasteiger partial charge in [0.05, 0.1) is 7.11 Å². The lowest BCUT2D eigenvalue weighted by atomic mass is 10.1. The van der Waals surface area contributed by atoms with Crippen LogP contribution in [0.25, 0.3) is 0 Å². The van der Waals surface area contributed by atoms with Crippen molar-refractivity contribution in [3.05, 3.63) is 35.4 Å². The van der Waals surface area contributed by atoms with Crippen LogP contribution in [0.2, 0.25) is 0 Å². The fraction of sp³-hybridized carbons (Fsp3) is 0.467. The summed E-state index contributed by atoms with van der Waals surface area (Å²) in [5.74, 6) is 0.00111. The number of benzene rings is 1. The molecule has 0 atom stereocenters. The maximum atomic E-state index is 11.3. The molecule has 0 spiro atoms. The molecule has 0 aliphatic heterocycles. The van der Waals surface area contributed by atoms with Crippen LogP contribution in [0.4, 0.5) is 0 Å². The first kappa shape index (κ1) is 19.5. The third-order valence-corrected chi connectivity index (χ3v) is 1.71. The van der Waals surface area contributed by atoms with Gasteiger partial charge in [0.15, 0.2) is 0 Å². The van der Waals surface area contributed by atoms with Crippen LogP contribution < -0.4 is 5.32 Å². The molecule has 0 aliphatic rings. The van der Waals surface area contributed by atoms with Gasteiger partial charge in [0, 0.05) is 12.1 Å². The van der Waals surface area contributed by atoms with Crippen LogP contribution in [0, 0.1) is 6.92 Å². The van der Waals surface area contributed by atoms with Crippen LogP contribution in [-0.2, 0) is 9.53 Å². The SMILES string of the molecule is CCC.CCNC(=O)c1cccc(C)c1.COC=O. The van der Waals surface area contributed by atoms with E-state index < -0.39 is 0 Å². The highest BCUT2D eigenvalue weighted by atomic mass is 16.5. The van der Waals surface area contributed by atoms with Crippen LogP contribution in [0.1, 0.15) is 43.1 Å². The molecule has 4 nitrogen and oxygen atoms in total. The zero-order chi connectivity index (χ0) is 15.1. The third kappa shape index (κ3) is 12.4. The topological polar surface area (TPSA) is 55.4 Å². The molecule has 1 rings (SSSR count). The Morgan fingerprint density at radius 1 is 1.32 bits per heavy atom. The minimum Gasteiger partial charge on any atom is -0.471 e. The Kier molecular flexibility index (Phi) is 14.6. The summed E-state index contributed by atoms with van der Waals surface area (Å²) in [6.45, 7) is 9.18. The molecular formula is C15H25NO3. The summed E-state index contributed by atoms with van der Waals surface area (Å²) >= 11 is 0. The lowest BCUT2D eigenvalue weighted by molar-refractivity contribution is -0.126. The maximum Gasteiger partial charge on any atom is 0.292 e. The smallest absolute Gasteiger partial charge is 0.292 e. The van der Waals surface area contributed by atoms with Crippen molar-refractivity contribution in [2.24, 2.45) is 0 Å². The fourth-order valence-electron chi connectivity index (χ4n) is 1.05. The second-order valence-corrected chi connectivity index (χ2v) is 3.77. The summed E-state index contributed by atoms with van der Waals surface area (Å²) in [5.41, 5.74) is 1.84. The molecule has 0 radical (unpaired) electrons. The van der Waals surface area contributed by atoms with Crippen molar-refractivity contribution >= 4 is 12.4 Å². The molecule has 0 aliphatic carbocycles. The maximum absolute atomic E-state index is 11.3. The summed E-state index contributed by atoms with van der Waals surface area (Å²) in [5, 5.41) is 2.75. The van der Waals surface area contributed by atoms with Crippen molar-refractivity contribution < 1.29 is 14.3 Å². The van der Waals surface area contributed by atoms with Gasteiger partial charge in [-0.2, -0.15) is 0 Å². The molecule has 0 aromatic heterocycles. The molecular weight excluding hydrogens is 242 g/mol. The van der Waals surface area contributed by atoms with E-state index >= 15 is 0 Å². The Labute approximate surface area is 116 Å². The summed E-state index contributed by atoms with van der Waals surface area (Å²) in [7, 11) is 1.31. The highest BCUT2D eigenvalue weighted by molar-refractivity contribution is 5.94. The van der Waals surface area contributed by atoms with Crippen LogP contribution in [0.3, 0.4) is 0 Å². The second kappa shape index (κ2) is 14.2. The van der Waals surface area contributed by atoms with E-state index in [0.29, 0.717) is 13.0 Å². The number of hydrogen-bond acceptors (Lipinski definition) is 3. The Hall–Kier alpha value is -1.84. The summed E-state index contributed by atoms with van der Waals surface area (Å²) in [4.78, 5) is 20.2. The van der Waals surface area contributed by atoms with Crippen LogP contribution in [-0.4, -0.2) is 26.0 Å². The van der Waals surface area contributed by atoms with Crippen LogP contribution in [0.5, 0.6) is 0 Å². The highest BCUT2D eigenvalue weighted by Gasteiger charge is 2.01. The first-order valence-corrected chi connectivity index (χ1v) is 6.38. The van der Waals surface area contributed by atoms with Gasteiger partial charge in [-0.15, -0.1) is 0 Å². The van der Waals surface area contributed by atoms with E-state index in [2.05, 4.69) is 23.9 Å². The van der Waals surface area contributed by atoms with Crippen LogP contribution >= 0.6 is 0 Å². The number of amides is 1. The number of hydrogen-bond donors (Lipinski definition) is 1. The van der Waals surface area contributed by atoms with Gasteiger partial charge in [0.2, 0.25) is 0 Å². The molecule has 1 aromatic rings. The largest absolute Gasteiger partial charge is 0.471 e. The second-order valence-electron chi connectivity index (χ2n) is 3.77. The molecule has 0 saturated carbocycles. The van der Waals surface area contributed by atoms with E-state index in [9.17, 15) is 4.79 Å². The molecule has 19 heavy (non-hydrogen) atoms. The predicted molar refractivity (Wildman–Crippen MR) is 78.2 cm³/mol. The quantitative estimate of drug-likeness (QED) is 0.857. The van der Waals surface area contributed by atoms with Crippen molar-refractivity contribution in [1.82, 2.24) is 5.32 Å². The molecule has 1 aromatic carbocycles. The van der Waals surface area contributed by atoms with Crippen LogP contribution in [0.15, 0.2) is 24.3 Å². The number of aryl methyl sites for hydroxylation is 1. The monoisotopic (exact) mass is 267 g/mol. The number of ether oxygens (including phenoxy) is 1. The van der Waals surface area contributed by atoms with Crippen molar-refractivity contribution in [2.45, 2.75) is 34.1 Å². The first-order chi connectivity index (χ1) is 9.06. The van der Waals surface area contributed by atoms with Crippen molar-refractivity contribution in [1.29, 1.82) is 0 Å². The van der Waals surface area contributed by atoms with Gasteiger partial charge in [-0.3, -0.25) is 9.59 Å². The van der Waals surface area contributed by atoms with Gasteiger partial charge in [-0.05, 0) is 26.0 Å². The van der Waals surface area contributed by atoms with Crippen molar-refractivity contribution in [3.63, 3.8) is 0 Å². The van der Waals surface area contributed by atoms with E-state index in [-0.39, 0.29) is 5.91 Å². The van der Waals surface area contributed by atoms with E-state index in [0.717, 1.165) is 11.1 Å².